The second-order valence-electron chi connectivity index (χ2n) is 13.4. The molecule has 0 unspecified atom stereocenters. The van der Waals surface area contributed by atoms with Crippen LogP contribution in [0.25, 0.3) is 0 Å². The highest BCUT2D eigenvalue weighted by atomic mass is 16.8. The lowest BCUT2D eigenvalue weighted by atomic mass is 10.2. The predicted octanol–water partition coefficient (Wildman–Crippen LogP) is 3.72. The summed E-state index contributed by atoms with van der Waals surface area (Å²) in [4.78, 5) is 52.1. The number of hydrogen-bond donors (Lipinski definition) is 3. The molecular formula is C41H72N2O19. The predicted molar refractivity (Wildman–Crippen MR) is 220 cm³/mol. The van der Waals surface area contributed by atoms with Gasteiger partial charge in [0.15, 0.2) is 6.10 Å². The Morgan fingerprint density at radius 2 is 0.919 bits per heavy atom. The molecule has 1 aromatic heterocycles. The van der Waals surface area contributed by atoms with Crippen molar-refractivity contribution in [2.45, 2.75) is 84.2 Å². The lowest BCUT2D eigenvalue weighted by molar-refractivity contribution is -0.146. The van der Waals surface area contributed by atoms with Crippen LogP contribution >= 0.6 is 0 Å². The average Bonchev–Trinajstić information content (AvgIpc) is 3.57. The molecule has 0 atom stereocenters. The van der Waals surface area contributed by atoms with Crippen molar-refractivity contribution in [3.8, 4) is 11.8 Å². The molecule has 0 spiro atoms. The van der Waals surface area contributed by atoms with Crippen LogP contribution < -0.4 is 10.2 Å². The Morgan fingerprint density at radius 3 is 1.34 bits per heavy atom. The number of carbonyl (C=O) groups excluding carboxylic acids is 4. The Labute approximate surface area is 365 Å². The molecule has 1 heterocycles. The molecule has 21 nitrogen and oxygen atoms in total. The van der Waals surface area contributed by atoms with E-state index < -0.39 is 30.1 Å². The minimum Gasteiger partial charge on any atom is -0.492 e. The molecule has 0 aliphatic rings. The van der Waals surface area contributed by atoms with E-state index in [0.29, 0.717) is 96.5 Å². The molecular weight excluding hydrogens is 824 g/mol. The van der Waals surface area contributed by atoms with Crippen molar-refractivity contribution in [1.29, 1.82) is 0 Å². The van der Waals surface area contributed by atoms with Gasteiger partial charge in [-0.2, -0.15) is 0 Å². The summed E-state index contributed by atoms with van der Waals surface area (Å²) in [5, 5.41) is 21.7. The van der Waals surface area contributed by atoms with Crippen LogP contribution in [0, 0.1) is 0 Å². The number of nitrogens with zero attached hydrogens (tertiary/aromatic N) is 1. The molecule has 360 valence electrons. The minimum atomic E-state index is -1.13. The Balaban J connectivity index is 2.21. The zero-order chi connectivity index (χ0) is 45.1. The van der Waals surface area contributed by atoms with E-state index in [9.17, 15) is 29.4 Å². The van der Waals surface area contributed by atoms with Crippen LogP contribution in [0.15, 0.2) is 12.1 Å². The van der Waals surface area contributed by atoms with Gasteiger partial charge in [-0.25, -0.2) is 9.59 Å². The van der Waals surface area contributed by atoms with Gasteiger partial charge in [-0.3, -0.25) is 14.4 Å². The summed E-state index contributed by atoms with van der Waals surface area (Å²) >= 11 is 0. The van der Waals surface area contributed by atoms with E-state index in [2.05, 4.69) is 19.2 Å². The van der Waals surface area contributed by atoms with Crippen molar-refractivity contribution in [3.05, 3.63) is 12.1 Å². The number of esters is 2. The molecule has 1 rings (SSSR count). The van der Waals surface area contributed by atoms with Crippen molar-refractivity contribution in [2.24, 2.45) is 0 Å². The number of ether oxygens (including phenoxy) is 12. The first-order valence-corrected chi connectivity index (χ1v) is 21.6. The van der Waals surface area contributed by atoms with Gasteiger partial charge in [0.05, 0.1) is 112 Å². The molecule has 21 heteroatoms. The Morgan fingerprint density at radius 1 is 0.516 bits per heavy atom. The van der Waals surface area contributed by atoms with Gasteiger partial charge in [0.25, 0.3) is 0 Å². The van der Waals surface area contributed by atoms with E-state index in [1.54, 1.807) is 0 Å². The van der Waals surface area contributed by atoms with Crippen LogP contribution in [-0.2, 0) is 66.4 Å². The van der Waals surface area contributed by atoms with E-state index in [0.717, 1.165) is 50.7 Å². The maximum absolute atomic E-state index is 12.5. The number of nitrogens with one attached hydrogen (secondary N) is 1. The van der Waals surface area contributed by atoms with Gasteiger partial charge in [0, 0.05) is 31.5 Å². The largest absolute Gasteiger partial charge is 0.533 e. The fraction of sp³-hybridized carbons (Fsp3) is 0.805. The average molecular weight is 897 g/mol. The summed E-state index contributed by atoms with van der Waals surface area (Å²) in [7, 11) is 0. The summed E-state index contributed by atoms with van der Waals surface area (Å²) in [5.74, 6) is -1.36. The summed E-state index contributed by atoms with van der Waals surface area (Å²) < 4.78 is 65.3. The van der Waals surface area contributed by atoms with Gasteiger partial charge in [0.2, 0.25) is 11.8 Å². The maximum Gasteiger partial charge on any atom is 0.533 e. The highest BCUT2D eigenvalue weighted by Gasteiger charge is 2.16. The van der Waals surface area contributed by atoms with Gasteiger partial charge in [-0.15, -0.1) is 4.73 Å². The second-order valence-corrected chi connectivity index (χ2v) is 13.4. The number of amides is 1. The molecule has 3 N–H and O–H groups in total. The molecule has 1 amide bonds. The van der Waals surface area contributed by atoms with E-state index in [1.807, 2.05) is 0 Å². The number of hydrogen-bond acceptors (Lipinski definition) is 19. The maximum atomic E-state index is 12.5. The van der Waals surface area contributed by atoms with Gasteiger partial charge in [-0.05, 0) is 25.7 Å². The fourth-order valence-electron chi connectivity index (χ4n) is 4.84. The van der Waals surface area contributed by atoms with E-state index in [-0.39, 0.29) is 77.9 Å². The molecule has 0 aliphatic carbocycles. The molecule has 0 fully saturated rings. The fourth-order valence-corrected chi connectivity index (χ4v) is 4.84. The van der Waals surface area contributed by atoms with Crippen molar-refractivity contribution < 1.29 is 91.1 Å². The Bertz CT molecular complexity index is 1180. The molecule has 62 heavy (non-hydrogen) atoms. The summed E-state index contributed by atoms with van der Waals surface area (Å²) in [6.07, 6.45) is 4.91. The smallest absolute Gasteiger partial charge is 0.492 e. The third-order valence-corrected chi connectivity index (χ3v) is 8.09. The van der Waals surface area contributed by atoms with Gasteiger partial charge in [0.1, 0.15) is 13.2 Å². The number of rotatable bonds is 43. The summed E-state index contributed by atoms with van der Waals surface area (Å²) in [6.45, 7) is 9.38. The van der Waals surface area contributed by atoms with Crippen LogP contribution in [-0.4, -0.2) is 177 Å². The highest BCUT2D eigenvalue weighted by Crippen LogP contribution is 2.18. The second kappa shape index (κ2) is 41.1. The summed E-state index contributed by atoms with van der Waals surface area (Å²) in [5.41, 5.74) is 0. The Kier molecular flexibility index (Phi) is 37.1. The van der Waals surface area contributed by atoms with Crippen LogP contribution in [0.2, 0.25) is 0 Å². The monoisotopic (exact) mass is 896 g/mol. The van der Waals surface area contributed by atoms with Crippen molar-refractivity contribution in [3.63, 3.8) is 0 Å². The zero-order valence-corrected chi connectivity index (χ0v) is 36.7. The van der Waals surface area contributed by atoms with Crippen LogP contribution in [0.3, 0.4) is 0 Å². The number of aromatic nitrogens is 1. The number of aromatic hydroxyl groups is 2. The van der Waals surface area contributed by atoms with E-state index in [1.165, 1.54) is 0 Å². The Hall–Kier alpha value is -3.96. The van der Waals surface area contributed by atoms with Crippen LogP contribution in [0.5, 0.6) is 11.8 Å². The number of unbranched alkanes of at least 4 members (excludes halogenated alkanes) is 5. The molecule has 0 radical (unpaired) electrons. The lowest BCUT2D eigenvalue weighted by Gasteiger charge is -2.19. The lowest BCUT2D eigenvalue weighted by Crippen LogP contribution is -2.35. The third kappa shape index (κ3) is 34.6. The molecule has 0 saturated carbocycles. The standard InChI is InChI=1S/C41H72N2O19/c1-3-5-7-11-38(46)58-31-29-54-23-21-50-17-19-52-25-27-56-33-35(61-40(48)42-15-9-10-16-60-41(49)62-43-36(44)13-14-37(43)45)34-57-28-26-53-20-18-51-22-24-55-30-32-59-39(47)12-8-6-4-2/h13-14,35,44-45H,3-12,15-34H2,1-2H3,(H,42,48). The van der Waals surface area contributed by atoms with Crippen molar-refractivity contribution in [1.82, 2.24) is 10.0 Å². The van der Waals surface area contributed by atoms with E-state index >= 15 is 0 Å². The van der Waals surface area contributed by atoms with Crippen molar-refractivity contribution >= 4 is 24.2 Å². The quantitative estimate of drug-likeness (QED) is 0.0480. The molecule has 0 aromatic carbocycles. The normalized spacial score (nSPS) is 11.1. The molecule has 0 saturated heterocycles. The van der Waals surface area contributed by atoms with Crippen LogP contribution in [0.1, 0.15) is 78.1 Å². The first-order chi connectivity index (χ1) is 30.3. The highest BCUT2D eigenvalue weighted by molar-refractivity contribution is 5.69. The topological polar surface area (TPSA) is 246 Å². The minimum absolute atomic E-state index is 0.0353. The number of carbonyl (C=O) groups is 4. The SMILES string of the molecule is CCCCCC(=O)OCCOCCOCCOCCOCC(COCCOCCOCCOCCOC(=O)CCCCC)OC(=O)NCCCCOC(=O)On1c(O)ccc1O. The zero-order valence-electron chi connectivity index (χ0n) is 36.7. The van der Waals surface area contributed by atoms with Crippen molar-refractivity contribution in [2.75, 3.05) is 132 Å². The number of alkyl carbamates (subject to hydrolysis) is 1. The third-order valence-electron chi connectivity index (χ3n) is 8.09. The molecule has 0 aliphatic heterocycles. The van der Waals surface area contributed by atoms with Gasteiger partial charge in [-0.1, -0.05) is 39.5 Å². The van der Waals surface area contributed by atoms with Gasteiger partial charge < -0.3 is 72.4 Å². The molecule has 0 bridgehead atoms. The molecule has 1 aromatic rings. The first-order valence-electron chi connectivity index (χ1n) is 21.6. The van der Waals surface area contributed by atoms with Gasteiger partial charge >= 0.3 is 24.2 Å². The van der Waals surface area contributed by atoms with E-state index in [4.69, 9.17) is 61.7 Å². The first kappa shape index (κ1) is 56.1. The van der Waals surface area contributed by atoms with Crippen LogP contribution in [0.4, 0.5) is 9.59 Å². The summed E-state index contributed by atoms with van der Waals surface area (Å²) in [6, 6.07) is 2.28.